The molecule has 0 radical (unpaired) electrons. The van der Waals surface area contributed by atoms with Crippen molar-refractivity contribution in [2.45, 2.75) is 24.3 Å². The third kappa shape index (κ3) is 4.77. The number of nitrogens with zero attached hydrogens (tertiary/aromatic N) is 3. The van der Waals surface area contributed by atoms with Gasteiger partial charge in [0.1, 0.15) is 18.7 Å². The lowest BCUT2D eigenvalue weighted by atomic mass is 10.2. The molecule has 0 fully saturated rings. The van der Waals surface area contributed by atoms with Crippen LogP contribution in [-0.4, -0.2) is 39.1 Å². The minimum absolute atomic E-state index is 0.0409. The van der Waals surface area contributed by atoms with Gasteiger partial charge in [-0.2, -0.15) is 0 Å². The average molecular weight is 320 g/mol. The zero-order valence-corrected chi connectivity index (χ0v) is 13.8. The topological polar surface area (TPSA) is 69.0 Å². The summed E-state index contributed by atoms with van der Waals surface area (Å²) in [5.74, 6) is 0.775. The summed E-state index contributed by atoms with van der Waals surface area (Å²) in [5, 5.41) is 11.1. The summed E-state index contributed by atoms with van der Waals surface area (Å²) < 4.78 is 7.38. The van der Waals surface area contributed by atoms with Crippen LogP contribution in [0.2, 0.25) is 0 Å². The van der Waals surface area contributed by atoms with E-state index in [1.807, 2.05) is 45.2 Å². The molecular weight excluding hydrogens is 300 g/mol. The van der Waals surface area contributed by atoms with E-state index in [0.717, 1.165) is 16.5 Å². The van der Waals surface area contributed by atoms with Gasteiger partial charge in [-0.15, -0.1) is 10.2 Å². The van der Waals surface area contributed by atoms with Gasteiger partial charge in [-0.05, 0) is 31.5 Å². The van der Waals surface area contributed by atoms with Gasteiger partial charge in [0.15, 0.2) is 5.16 Å². The van der Waals surface area contributed by atoms with Crippen molar-refractivity contribution in [2.24, 2.45) is 7.05 Å². The predicted molar refractivity (Wildman–Crippen MR) is 86.0 cm³/mol. The van der Waals surface area contributed by atoms with Gasteiger partial charge in [-0.3, -0.25) is 4.79 Å². The van der Waals surface area contributed by atoms with E-state index in [4.69, 9.17) is 4.74 Å². The van der Waals surface area contributed by atoms with Crippen LogP contribution in [-0.2, 0) is 11.8 Å². The lowest BCUT2D eigenvalue weighted by Crippen LogP contribution is -2.34. The van der Waals surface area contributed by atoms with E-state index >= 15 is 0 Å². The first kappa shape index (κ1) is 16.4. The molecule has 0 saturated heterocycles. The molecule has 2 aromatic rings. The summed E-state index contributed by atoms with van der Waals surface area (Å²) in [6.07, 6.45) is 1.61. The maximum absolute atomic E-state index is 12.0. The minimum atomic E-state index is -0.234. The molecule has 0 aliphatic rings. The van der Waals surface area contributed by atoms with Crippen molar-refractivity contribution in [3.05, 3.63) is 36.2 Å². The molecule has 118 valence electrons. The third-order valence-electron chi connectivity index (χ3n) is 2.98. The van der Waals surface area contributed by atoms with Crippen LogP contribution in [0.4, 0.5) is 0 Å². The molecule has 2 rings (SSSR count). The normalized spacial score (nSPS) is 12.0. The summed E-state index contributed by atoms with van der Waals surface area (Å²) >= 11 is 1.38. The van der Waals surface area contributed by atoms with Crippen molar-refractivity contribution in [3.8, 4) is 5.75 Å². The van der Waals surface area contributed by atoms with Crippen molar-refractivity contribution >= 4 is 17.7 Å². The highest BCUT2D eigenvalue weighted by atomic mass is 32.2. The van der Waals surface area contributed by atoms with Crippen LogP contribution in [0.1, 0.15) is 12.5 Å². The maximum Gasteiger partial charge on any atom is 0.233 e. The second kappa shape index (κ2) is 7.84. The largest absolute Gasteiger partial charge is 0.492 e. The number of hydrogen-bond donors (Lipinski definition) is 1. The number of ether oxygens (including phenoxy) is 1. The average Bonchev–Trinajstić information content (AvgIpc) is 2.88. The molecule has 1 aromatic heterocycles. The van der Waals surface area contributed by atoms with E-state index in [0.29, 0.717) is 13.2 Å². The number of aryl methyl sites for hydroxylation is 2. The molecule has 1 heterocycles. The molecule has 1 unspecified atom stereocenters. The number of benzene rings is 1. The lowest BCUT2D eigenvalue weighted by molar-refractivity contribution is -0.120. The molecule has 0 saturated carbocycles. The van der Waals surface area contributed by atoms with Gasteiger partial charge in [-0.1, -0.05) is 23.9 Å². The first-order valence-corrected chi connectivity index (χ1v) is 7.92. The van der Waals surface area contributed by atoms with Crippen LogP contribution in [0.3, 0.4) is 0 Å². The second-order valence-electron chi connectivity index (χ2n) is 4.94. The Morgan fingerprint density at radius 2 is 2.32 bits per heavy atom. The Balaban J connectivity index is 1.70. The Bertz CT molecular complexity index is 630. The fourth-order valence-electron chi connectivity index (χ4n) is 1.78. The van der Waals surface area contributed by atoms with Crippen molar-refractivity contribution < 1.29 is 9.53 Å². The zero-order valence-electron chi connectivity index (χ0n) is 12.9. The SMILES string of the molecule is Cc1cccc(OCCNC(=O)C(C)Sc2nncn2C)c1. The standard InChI is InChI=1S/C15H20N4O2S/c1-11-5-4-6-13(9-11)21-8-7-16-14(20)12(2)22-15-18-17-10-19(15)3/h4-6,9-10,12H,7-8H2,1-3H3,(H,16,20). The zero-order chi connectivity index (χ0) is 15.9. The Kier molecular flexibility index (Phi) is 5.83. The number of carbonyl (C=O) groups excluding carboxylic acids is 1. The van der Waals surface area contributed by atoms with E-state index in [1.54, 1.807) is 10.9 Å². The Morgan fingerprint density at radius 1 is 1.50 bits per heavy atom. The van der Waals surface area contributed by atoms with Crippen LogP contribution in [0.5, 0.6) is 5.75 Å². The molecule has 6 nitrogen and oxygen atoms in total. The number of amides is 1. The molecule has 0 aliphatic carbocycles. The van der Waals surface area contributed by atoms with Crippen LogP contribution in [0.15, 0.2) is 35.7 Å². The highest BCUT2D eigenvalue weighted by molar-refractivity contribution is 8.00. The van der Waals surface area contributed by atoms with Gasteiger partial charge < -0.3 is 14.6 Å². The highest BCUT2D eigenvalue weighted by Gasteiger charge is 2.16. The van der Waals surface area contributed by atoms with Gasteiger partial charge >= 0.3 is 0 Å². The van der Waals surface area contributed by atoms with Gasteiger partial charge in [-0.25, -0.2) is 0 Å². The number of aromatic nitrogens is 3. The molecule has 0 spiro atoms. The van der Waals surface area contributed by atoms with Crippen molar-refractivity contribution in [2.75, 3.05) is 13.2 Å². The Labute approximate surface area is 134 Å². The molecule has 7 heteroatoms. The number of thioether (sulfide) groups is 1. The van der Waals surface area contributed by atoms with Crippen molar-refractivity contribution in [3.63, 3.8) is 0 Å². The number of nitrogens with one attached hydrogen (secondary N) is 1. The van der Waals surface area contributed by atoms with Crippen molar-refractivity contribution in [1.29, 1.82) is 0 Å². The lowest BCUT2D eigenvalue weighted by Gasteiger charge is -2.12. The van der Waals surface area contributed by atoms with Crippen LogP contribution in [0, 0.1) is 6.92 Å². The van der Waals surface area contributed by atoms with E-state index in [1.165, 1.54) is 11.8 Å². The van der Waals surface area contributed by atoms with Crippen LogP contribution >= 0.6 is 11.8 Å². The quantitative estimate of drug-likeness (QED) is 0.622. The molecule has 0 bridgehead atoms. The minimum Gasteiger partial charge on any atom is -0.492 e. The summed E-state index contributed by atoms with van der Waals surface area (Å²) in [6, 6.07) is 7.83. The summed E-state index contributed by atoms with van der Waals surface area (Å²) in [6.45, 7) is 4.77. The first-order chi connectivity index (χ1) is 10.6. The summed E-state index contributed by atoms with van der Waals surface area (Å²) in [4.78, 5) is 12.0. The maximum atomic E-state index is 12.0. The van der Waals surface area contributed by atoms with E-state index in [9.17, 15) is 4.79 Å². The molecule has 1 aromatic carbocycles. The van der Waals surface area contributed by atoms with E-state index < -0.39 is 0 Å². The number of hydrogen-bond acceptors (Lipinski definition) is 5. The van der Waals surface area contributed by atoms with Gasteiger partial charge in [0.25, 0.3) is 0 Å². The van der Waals surface area contributed by atoms with Gasteiger partial charge in [0, 0.05) is 7.05 Å². The van der Waals surface area contributed by atoms with E-state index in [-0.39, 0.29) is 11.2 Å². The smallest absolute Gasteiger partial charge is 0.233 e. The summed E-state index contributed by atoms with van der Waals surface area (Å²) in [7, 11) is 1.85. The Morgan fingerprint density at radius 3 is 3.00 bits per heavy atom. The van der Waals surface area contributed by atoms with Crippen molar-refractivity contribution in [1.82, 2.24) is 20.1 Å². The fourth-order valence-corrected chi connectivity index (χ4v) is 2.60. The highest BCUT2D eigenvalue weighted by Crippen LogP contribution is 2.19. The molecular formula is C15H20N4O2S. The van der Waals surface area contributed by atoms with Gasteiger partial charge in [0.2, 0.25) is 5.91 Å². The van der Waals surface area contributed by atoms with E-state index in [2.05, 4.69) is 15.5 Å². The fraction of sp³-hybridized carbons (Fsp3) is 0.400. The number of carbonyl (C=O) groups is 1. The molecule has 1 atom stereocenters. The molecule has 1 N–H and O–H groups in total. The first-order valence-electron chi connectivity index (χ1n) is 7.04. The number of rotatable bonds is 7. The molecule has 1 amide bonds. The van der Waals surface area contributed by atoms with Crippen LogP contribution < -0.4 is 10.1 Å². The van der Waals surface area contributed by atoms with Gasteiger partial charge in [0.05, 0.1) is 11.8 Å². The third-order valence-corrected chi connectivity index (χ3v) is 4.13. The molecule has 22 heavy (non-hydrogen) atoms. The molecule has 0 aliphatic heterocycles. The Hall–Kier alpha value is -2.02. The predicted octanol–water partition coefficient (Wildman–Crippen LogP) is 1.80. The van der Waals surface area contributed by atoms with Crippen LogP contribution in [0.25, 0.3) is 0 Å². The second-order valence-corrected chi connectivity index (χ2v) is 6.25. The summed E-state index contributed by atoms with van der Waals surface area (Å²) in [5.41, 5.74) is 1.15. The monoisotopic (exact) mass is 320 g/mol.